The van der Waals surface area contributed by atoms with Crippen LogP contribution in [0.25, 0.3) is 34.2 Å². The zero-order chi connectivity index (χ0) is 21.2. The monoisotopic (exact) mass is 410 g/mol. The van der Waals surface area contributed by atoms with Gasteiger partial charge in [0, 0.05) is 29.0 Å². The summed E-state index contributed by atoms with van der Waals surface area (Å²) < 4.78 is 11.2. The highest BCUT2D eigenvalue weighted by atomic mass is 16.5. The molecule has 3 aromatic heterocycles. The number of ether oxygens (including phenoxy) is 1. The smallest absolute Gasteiger partial charge is 0.258 e. The third-order valence-corrected chi connectivity index (χ3v) is 4.64. The summed E-state index contributed by atoms with van der Waals surface area (Å²) in [6.45, 7) is 3.86. The van der Waals surface area contributed by atoms with E-state index in [1.54, 1.807) is 6.20 Å². The van der Waals surface area contributed by atoms with Crippen molar-refractivity contribution in [3.63, 3.8) is 0 Å². The molecule has 0 fully saturated rings. The lowest BCUT2D eigenvalue weighted by Crippen LogP contribution is -1.88. The van der Waals surface area contributed by atoms with Gasteiger partial charge in [-0.2, -0.15) is 10.1 Å². The molecule has 0 aliphatic rings. The molecular formula is C23H18N6O2. The van der Waals surface area contributed by atoms with Gasteiger partial charge in [0.2, 0.25) is 11.7 Å². The lowest BCUT2D eigenvalue weighted by molar-refractivity contribution is 0.432. The molecule has 1 N–H and O–H groups in total. The van der Waals surface area contributed by atoms with Crippen LogP contribution < -0.4 is 4.74 Å². The van der Waals surface area contributed by atoms with E-state index in [1.165, 1.54) is 0 Å². The Hall–Kier alpha value is -4.33. The molecule has 0 atom stereocenters. The maximum Gasteiger partial charge on any atom is 0.258 e. The molecule has 31 heavy (non-hydrogen) atoms. The summed E-state index contributed by atoms with van der Waals surface area (Å²) in [4.78, 5) is 13.1. The molecule has 2 aromatic carbocycles. The first-order valence-electron chi connectivity index (χ1n) is 9.68. The Kier molecular flexibility index (Phi) is 4.72. The number of H-pyrrole nitrogens is 1. The van der Waals surface area contributed by atoms with Gasteiger partial charge in [0.05, 0.1) is 0 Å². The molecule has 0 saturated carbocycles. The summed E-state index contributed by atoms with van der Waals surface area (Å²) in [5, 5.41) is 11.1. The number of pyridine rings is 1. The second-order valence-electron chi connectivity index (χ2n) is 7.04. The summed E-state index contributed by atoms with van der Waals surface area (Å²) in [6.07, 6.45) is 1.72. The SMILES string of the molecule is Cc1ccnc(Oc2ccc(-c3nc(-c4ccc(-c5n[nH]c(C)n5)cc4)no3)cc2)c1. The Morgan fingerprint density at radius 3 is 2.19 bits per heavy atom. The van der Waals surface area contributed by atoms with Gasteiger partial charge in [-0.15, -0.1) is 0 Å². The van der Waals surface area contributed by atoms with Crippen LogP contribution in [0, 0.1) is 13.8 Å². The molecule has 0 unspecified atom stereocenters. The molecule has 0 amide bonds. The maximum atomic E-state index is 5.78. The number of nitrogens with one attached hydrogen (secondary N) is 1. The van der Waals surface area contributed by atoms with E-state index in [0.29, 0.717) is 29.2 Å². The van der Waals surface area contributed by atoms with Crippen LogP contribution in [0.4, 0.5) is 0 Å². The number of aromatic amines is 1. The Labute approximate surface area is 178 Å². The minimum Gasteiger partial charge on any atom is -0.439 e. The van der Waals surface area contributed by atoms with Crippen molar-refractivity contribution in [1.29, 1.82) is 0 Å². The minimum atomic E-state index is 0.434. The Morgan fingerprint density at radius 1 is 0.806 bits per heavy atom. The summed E-state index contributed by atoms with van der Waals surface area (Å²) in [5.74, 6) is 3.60. The quantitative estimate of drug-likeness (QED) is 0.435. The molecule has 0 aliphatic heterocycles. The van der Waals surface area contributed by atoms with Crippen LogP contribution in [0.5, 0.6) is 11.6 Å². The lowest BCUT2D eigenvalue weighted by Gasteiger charge is -2.05. The van der Waals surface area contributed by atoms with Crippen molar-refractivity contribution in [3.8, 4) is 45.9 Å². The van der Waals surface area contributed by atoms with Gasteiger partial charge < -0.3 is 9.26 Å². The Bertz CT molecular complexity index is 1320. The van der Waals surface area contributed by atoms with Gasteiger partial charge in [-0.1, -0.05) is 29.4 Å². The molecule has 8 nitrogen and oxygen atoms in total. The van der Waals surface area contributed by atoms with E-state index in [9.17, 15) is 0 Å². The summed E-state index contributed by atoms with van der Waals surface area (Å²) in [5.41, 5.74) is 3.65. The van der Waals surface area contributed by atoms with Crippen molar-refractivity contribution in [2.24, 2.45) is 0 Å². The van der Waals surface area contributed by atoms with Crippen LogP contribution in [-0.4, -0.2) is 30.3 Å². The summed E-state index contributed by atoms with van der Waals surface area (Å²) in [7, 11) is 0. The summed E-state index contributed by atoms with van der Waals surface area (Å²) in [6, 6.07) is 18.9. The van der Waals surface area contributed by atoms with Gasteiger partial charge in [0.15, 0.2) is 5.82 Å². The highest BCUT2D eigenvalue weighted by Gasteiger charge is 2.12. The fraction of sp³-hybridized carbons (Fsp3) is 0.0870. The molecule has 0 bridgehead atoms. The number of nitrogens with zero attached hydrogens (tertiary/aromatic N) is 5. The van der Waals surface area contributed by atoms with Crippen LogP contribution in [-0.2, 0) is 0 Å². The predicted octanol–water partition coefficient (Wildman–Crippen LogP) is 4.99. The van der Waals surface area contributed by atoms with Gasteiger partial charge in [0.1, 0.15) is 11.6 Å². The van der Waals surface area contributed by atoms with Crippen LogP contribution in [0.3, 0.4) is 0 Å². The summed E-state index contributed by atoms with van der Waals surface area (Å²) >= 11 is 0. The number of hydrogen-bond donors (Lipinski definition) is 1. The molecule has 0 radical (unpaired) electrons. The fourth-order valence-electron chi connectivity index (χ4n) is 3.05. The third kappa shape index (κ3) is 4.04. The highest BCUT2D eigenvalue weighted by Crippen LogP contribution is 2.27. The van der Waals surface area contributed by atoms with Crippen LogP contribution in [0.15, 0.2) is 71.4 Å². The van der Waals surface area contributed by atoms with Crippen molar-refractivity contribution >= 4 is 0 Å². The molecule has 5 aromatic rings. The number of hydrogen-bond acceptors (Lipinski definition) is 7. The number of aryl methyl sites for hydroxylation is 2. The lowest BCUT2D eigenvalue weighted by atomic mass is 10.1. The van der Waals surface area contributed by atoms with E-state index in [2.05, 4.69) is 30.3 Å². The Morgan fingerprint density at radius 2 is 1.52 bits per heavy atom. The van der Waals surface area contributed by atoms with Crippen LogP contribution in [0.1, 0.15) is 11.4 Å². The van der Waals surface area contributed by atoms with Crippen LogP contribution >= 0.6 is 0 Å². The predicted molar refractivity (Wildman–Crippen MR) is 114 cm³/mol. The van der Waals surface area contributed by atoms with Gasteiger partial charge in [0.25, 0.3) is 5.89 Å². The van der Waals surface area contributed by atoms with Crippen molar-refractivity contribution in [2.75, 3.05) is 0 Å². The van der Waals surface area contributed by atoms with E-state index in [4.69, 9.17) is 9.26 Å². The van der Waals surface area contributed by atoms with Crippen molar-refractivity contribution < 1.29 is 9.26 Å². The first-order chi connectivity index (χ1) is 15.1. The maximum absolute atomic E-state index is 5.78. The van der Waals surface area contributed by atoms with Gasteiger partial charge >= 0.3 is 0 Å². The molecule has 5 rings (SSSR count). The minimum absolute atomic E-state index is 0.434. The number of rotatable bonds is 5. The largest absolute Gasteiger partial charge is 0.439 e. The molecule has 8 heteroatoms. The molecular weight excluding hydrogens is 392 g/mol. The van der Waals surface area contributed by atoms with E-state index in [0.717, 1.165) is 28.1 Å². The topological polar surface area (TPSA) is 103 Å². The normalized spacial score (nSPS) is 10.9. The highest BCUT2D eigenvalue weighted by molar-refractivity contribution is 5.64. The molecule has 0 saturated heterocycles. The molecule has 0 aliphatic carbocycles. The van der Waals surface area contributed by atoms with E-state index >= 15 is 0 Å². The van der Waals surface area contributed by atoms with E-state index in [-0.39, 0.29) is 0 Å². The van der Waals surface area contributed by atoms with Crippen molar-refractivity contribution in [2.45, 2.75) is 13.8 Å². The average Bonchev–Trinajstić information content (AvgIpc) is 3.44. The number of benzene rings is 2. The van der Waals surface area contributed by atoms with E-state index < -0.39 is 0 Å². The Balaban J connectivity index is 1.32. The zero-order valence-corrected chi connectivity index (χ0v) is 16.9. The van der Waals surface area contributed by atoms with Crippen molar-refractivity contribution in [3.05, 3.63) is 78.2 Å². The first-order valence-corrected chi connectivity index (χ1v) is 9.68. The second-order valence-corrected chi connectivity index (χ2v) is 7.04. The fourth-order valence-corrected chi connectivity index (χ4v) is 3.05. The third-order valence-electron chi connectivity index (χ3n) is 4.64. The molecule has 0 spiro atoms. The van der Waals surface area contributed by atoms with Gasteiger partial charge in [-0.3, -0.25) is 5.10 Å². The van der Waals surface area contributed by atoms with Gasteiger partial charge in [-0.25, -0.2) is 9.97 Å². The second kappa shape index (κ2) is 7.83. The van der Waals surface area contributed by atoms with Gasteiger partial charge in [-0.05, 0) is 49.7 Å². The molecule has 3 heterocycles. The standard InChI is InChI=1S/C23H18N6O2/c1-14-11-12-24-20(13-14)30-19-9-7-18(8-10-19)23-26-22(29-31-23)17-5-3-16(4-6-17)21-25-15(2)27-28-21/h3-13H,1-2H3,(H,25,27,28). The average molecular weight is 410 g/mol. The molecule has 152 valence electrons. The first kappa shape index (κ1) is 18.7. The van der Waals surface area contributed by atoms with Crippen LogP contribution in [0.2, 0.25) is 0 Å². The van der Waals surface area contributed by atoms with E-state index in [1.807, 2.05) is 74.5 Å². The zero-order valence-electron chi connectivity index (χ0n) is 16.9. The number of aromatic nitrogens is 6. The van der Waals surface area contributed by atoms with Crippen molar-refractivity contribution in [1.82, 2.24) is 30.3 Å².